The van der Waals surface area contributed by atoms with Gasteiger partial charge in [0.05, 0.1) is 11.1 Å². The highest BCUT2D eigenvalue weighted by Gasteiger charge is 2.13. The molecule has 14 heavy (non-hydrogen) atoms. The first-order valence-electron chi connectivity index (χ1n) is 3.66. The zero-order valence-corrected chi connectivity index (χ0v) is 9.89. The smallest absolute Gasteiger partial charge is 0.338 e. The number of halogens is 2. The van der Waals surface area contributed by atoms with Gasteiger partial charge in [-0.15, -0.1) is 0 Å². The Balaban J connectivity index is 2.85. The second kappa shape index (κ2) is 3.36. The van der Waals surface area contributed by atoms with Crippen molar-refractivity contribution in [3.05, 3.63) is 26.9 Å². The van der Waals surface area contributed by atoms with Gasteiger partial charge in [-0.25, -0.2) is 9.78 Å². The highest BCUT2D eigenvalue weighted by atomic mass is 79.9. The number of aromatic carboxylic acids is 1. The molecule has 2 aromatic rings. The number of benzene rings is 1. The largest absolute Gasteiger partial charge is 0.478 e. The monoisotopic (exact) mass is 318 g/mol. The van der Waals surface area contributed by atoms with Crippen LogP contribution in [0.5, 0.6) is 0 Å². The summed E-state index contributed by atoms with van der Waals surface area (Å²) in [5, 5.41) is 8.93. The Hall–Kier alpha value is -0.880. The van der Waals surface area contributed by atoms with E-state index in [0.717, 1.165) is 0 Å². The van der Waals surface area contributed by atoms with Gasteiger partial charge in [0.2, 0.25) is 0 Å². The minimum absolute atomic E-state index is 0.177. The standard InChI is InChI=1S/C8H4Br2N2O2/c9-3-1-4(7(13)14)6-5(2-3)11-8(10)12-6/h1-2H,(H,11,12)(H,13,14). The fourth-order valence-electron chi connectivity index (χ4n) is 1.22. The van der Waals surface area contributed by atoms with Crippen LogP contribution in [0, 0.1) is 0 Å². The van der Waals surface area contributed by atoms with Crippen LogP contribution in [-0.4, -0.2) is 21.0 Å². The van der Waals surface area contributed by atoms with E-state index in [1.165, 1.54) is 6.07 Å². The lowest BCUT2D eigenvalue weighted by Crippen LogP contribution is -1.97. The van der Waals surface area contributed by atoms with Gasteiger partial charge in [-0.05, 0) is 28.1 Å². The van der Waals surface area contributed by atoms with Crippen LogP contribution in [0.2, 0.25) is 0 Å². The van der Waals surface area contributed by atoms with Crippen molar-refractivity contribution in [3.63, 3.8) is 0 Å². The van der Waals surface area contributed by atoms with Crippen LogP contribution < -0.4 is 0 Å². The Labute approximate surface area is 95.6 Å². The molecule has 0 aliphatic heterocycles. The van der Waals surface area contributed by atoms with Crippen molar-refractivity contribution in [1.29, 1.82) is 0 Å². The number of hydrogen-bond donors (Lipinski definition) is 2. The zero-order valence-electron chi connectivity index (χ0n) is 6.71. The molecule has 0 spiro atoms. The molecule has 2 rings (SSSR count). The highest BCUT2D eigenvalue weighted by molar-refractivity contribution is 9.10. The number of hydrogen-bond acceptors (Lipinski definition) is 2. The molecule has 72 valence electrons. The lowest BCUT2D eigenvalue weighted by molar-refractivity contribution is 0.0699. The van der Waals surface area contributed by atoms with Crippen LogP contribution in [-0.2, 0) is 0 Å². The molecule has 0 aliphatic carbocycles. The predicted octanol–water partition coefficient (Wildman–Crippen LogP) is 2.79. The summed E-state index contributed by atoms with van der Waals surface area (Å²) in [5.41, 5.74) is 1.31. The van der Waals surface area contributed by atoms with Gasteiger partial charge in [0.1, 0.15) is 5.52 Å². The second-order valence-corrected chi connectivity index (χ2v) is 4.35. The summed E-state index contributed by atoms with van der Waals surface area (Å²) in [5.74, 6) is -0.990. The third kappa shape index (κ3) is 1.55. The molecule has 0 aliphatic rings. The van der Waals surface area contributed by atoms with Gasteiger partial charge in [0.15, 0.2) is 4.73 Å². The number of H-pyrrole nitrogens is 1. The van der Waals surface area contributed by atoms with Crippen LogP contribution in [0.1, 0.15) is 10.4 Å². The van der Waals surface area contributed by atoms with Gasteiger partial charge < -0.3 is 10.1 Å². The van der Waals surface area contributed by atoms with Gasteiger partial charge in [0, 0.05) is 4.47 Å². The van der Waals surface area contributed by atoms with Crippen molar-refractivity contribution in [2.24, 2.45) is 0 Å². The highest BCUT2D eigenvalue weighted by Crippen LogP contribution is 2.24. The Bertz CT molecular complexity index is 521. The molecule has 1 heterocycles. The van der Waals surface area contributed by atoms with Crippen LogP contribution >= 0.6 is 31.9 Å². The lowest BCUT2D eigenvalue weighted by atomic mass is 10.2. The number of nitrogens with zero attached hydrogens (tertiary/aromatic N) is 1. The lowest BCUT2D eigenvalue weighted by Gasteiger charge is -1.96. The van der Waals surface area contributed by atoms with E-state index in [9.17, 15) is 4.79 Å². The first kappa shape index (κ1) is 9.67. The number of rotatable bonds is 1. The summed E-state index contributed by atoms with van der Waals surface area (Å²) in [7, 11) is 0. The molecule has 0 radical (unpaired) electrons. The zero-order chi connectivity index (χ0) is 10.3. The van der Waals surface area contributed by atoms with E-state index in [0.29, 0.717) is 20.2 Å². The number of carboxylic acids is 1. The third-order valence-electron chi connectivity index (χ3n) is 1.75. The first-order chi connectivity index (χ1) is 6.58. The molecule has 0 saturated carbocycles. The summed E-state index contributed by atoms with van der Waals surface area (Å²) in [6.07, 6.45) is 0. The summed E-state index contributed by atoms with van der Waals surface area (Å²) in [6, 6.07) is 3.30. The van der Waals surface area contributed by atoms with Crippen LogP contribution in [0.3, 0.4) is 0 Å². The molecule has 2 N–H and O–H groups in total. The van der Waals surface area contributed by atoms with Crippen molar-refractivity contribution in [2.75, 3.05) is 0 Å². The average molecular weight is 320 g/mol. The number of fused-ring (bicyclic) bond motifs is 1. The average Bonchev–Trinajstić information content (AvgIpc) is 2.42. The topological polar surface area (TPSA) is 66.0 Å². The van der Waals surface area contributed by atoms with E-state index < -0.39 is 5.97 Å². The van der Waals surface area contributed by atoms with E-state index in [4.69, 9.17) is 5.11 Å². The molecule has 0 bridgehead atoms. The Morgan fingerprint density at radius 1 is 1.43 bits per heavy atom. The minimum atomic E-state index is -0.990. The molecular formula is C8H4Br2N2O2. The minimum Gasteiger partial charge on any atom is -0.478 e. The molecule has 4 nitrogen and oxygen atoms in total. The van der Waals surface area contributed by atoms with Crippen LogP contribution in [0.4, 0.5) is 0 Å². The molecule has 6 heteroatoms. The van der Waals surface area contributed by atoms with E-state index >= 15 is 0 Å². The predicted molar refractivity (Wildman–Crippen MR) is 58.5 cm³/mol. The fraction of sp³-hybridized carbons (Fsp3) is 0. The molecule has 0 atom stereocenters. The second-order valence-electron chi connectivity index (χ2n) is 2.68. The molecule has 1 aromatic heterocycles. The molecular weight excluding hydrogens is 316 g/mol. The van der Waals surface area contributed by atoms with E-state index in [-0.39, 0.29) is 5.56 Å². The van der Waals surface area contributed by atoms with E-state index in [1.54, 1.807) is 6.07 Å². The van der Waals surface area contributed by atoms with Crippen molar-refractivity contribution >= 4 is 48.9 Å². The number of carbonyl (C=O) groups is 1. The summed E-state index contributed by atoms with van der Waals surface area (Å²) in [6.45, 7) is 0. The van der Waals surface area contributed by atoms with Crippen molar-refractivity contribution in [3.8, 4) is 0 Å². The van der Waals surface area contributed by atoms with Gasteiger partial charge in [-0.1, -0.05) is 15.9 Å². The summed E-state index contributed by atoms with van der Waals surface area (Å²) in [4.78, 5) is 17.8. The fourth-order valence-corrected chi connectivity index (χ4v) is 2.06. The quantitative estimate of drug-likeness (QED) is 0.849. The van der Waals surface area contributed by atoms with Gasteiger partial charge in [-0.3, -0.25) is 0 Å². The summed E-state index contributed by atoms with van der Waals surface area (Å²) >= 11 is 6.39. The van der Waals surface area contributed by atoms with Gasteiger partial charge >= 0.3 is 5.97 Å². The van der Waals surface area contributed by atoms with Gasteiger partial charge in [0.25, 0.3) is 0 Å². The molecule has 0 amide bonds. The first-order valence-corrected chi connectivity index (χ1v) is 5.24. The maximum absolute atomic E-state index is 10.9. The van der Waals surface area contributed by atoms with E-state index in [2.05, 4.69) is 41.8 Å². The molecule has 0 saturated heterocycles. The van der Waals surface area contributed by atoms with Gasteiger partial charge in [-0.2, -0.15) is 0 Å². The molecule has 0 fully saturated rings. The van der Waals surface area contributed by atoms with Crippen molar-refractivity contribution in [1.82, 2.24) is 9.97 Å². The number of nitrogens with one attached hydrogen (secondary N) is 1. The number of carboxylic acid groups (broad SMARTS) is 1. The van der Waals surface area contributed by atoms with Crippen molar-refractivity contribution in [2.45, 2.75) is 0 Å². The SMILES string of the molecule is O=C(O)c1cc(Br)cc2[nH]c(Br)nc12. The molecule has 1 aromatic carbocycles. The maximum atomic E-state index is 10.9. The van der Waals surface area contributed by atoms with E-state index in [1.807, 2.05) is 0 Å². The normalized spacial score (nSPS) is 10.7. The third-order valence-corrected chi connectivity index (χ3v) is 2.59. The number of aromatic amines is 1. The Kier molecular flexibility index (Phi) is 2.32. The maximum Gasteiger partial charge on any atom is 0.338 e. The number of aromatic nitrogens is 2. The Morgan fingerprint density at radius 3 is 2.79 bits per heavy atom. The number of imidazole rings is 1. The van der Waals surface area contributed by atoms with Crippen LogP contribution in [0.25, 0.3) is 11.0 Å². The molecule has 0 unspecified atom stereocenters. The van der Waals surface area contributed by atoms with Crippen LogP contribution in [0.15, 0.2) is 21.3 Å². The summed E-state index contributed by atoms with van der Waals surface area (Å²) < 4.78 is 1.23. The Morgan fingerprint density at radius 2 is 2.14 bits per heavy atom. The van der Waals surface area contributed by atoms with Crippen molar-refractivity contribution < 1.29 is 9.90 Å².